The van der Waals surface area contributed by atoms with Gasteiger partial charge in [-0.1, -0.05) is 393 Å². The van der Waals surface area contributed by atoms with Crippen molar-refractivity contribution < 1.29 is 64.6 Å². The zero-order valence-corrected chi connectivity index (χ0v) is 61.5. The van der Waals surface area contributed by atoms with E-state index in [9.17, 15) is 45.6 Å². The zero-order chi connectivity index (χ0) is 68.0. The van der Waals surface area contributed by atoms with Gasteiger partial charge in [-0.3, -0.25) is 4.79 Å². The molecule has 2 rings (SSSR count). The van der Waals surface area contributed by atoms with Crippen LogP contribution in [0.15, 0.2) is 0 Å². The molecule has 0 spiro atoms. The van der Waals surface area contributed by atoms with Crippen LogP contribution in [0.25, 0.3) is 0 Å². The maximum Gasteiger partial charge on any atom is 0.220 e. The second-order valence-corrected chi connectivity index (χ2v) is 29.6. The maximum absolute atomic E-state index is 13.4. The van der Waals surface area contributed by atoms with Crippen LogP contribution in [0, 0.1) is 0 Å². The van der Waals surface area contributed by atoms with Gasteiger partial charge in [-0.25, -0.2) is 0 Å². The Hall–Kier alpha value is -1.01. The first kappa shape index (κ1) is 89.1. The van der Waals surface area contributed by atoms with E-state index in [2.05, 4.69) is 19.2 Å². The van der Waals surface area contributed by atoms with Gasteiger partial charge in [0.2, 0.25) is 5.91 Å². The van der Waals surface area contributed by atoms with E-state index in [4.69, 9.17) is 18.9 Å². The number of aliphatic hydroxyl groups excluding tert-OH is 8. The van der Waals surface area contributed by atoms with Crippen molar-refractivity contribution in [3.63, 3.8) is 0 Å². The molecule has 0 bridgehead atoms. The zero-order valence-electron chi connectivity index (χ0n) is 61.5. The molecule has 2 aliphatic heterocycles. The molecule has 0 saturated carbocycles. The average Bonchev–Trinajstić information content (AvgIpc) is 0.794. The molecule has 9 N–H and O–H groups in total. The number of rotatable bonds is 71. The van der Waals surface area contributed by atoms with Gasteiger partial charge >= 0.3 is 0 Å². The summed E-state index contributed by atoms with van der Waals surface area (Å²) in [5, 5.41) is 87.9. The van der Waals surface area contributed by atoms with Gasteiger partial charge in [0.25, 0.3) is 0 Å². The lowest BCUT2D eigenvalue weighted by atomic mass is 9.97. The lowest BCUT2D eigenvalue weighted by Gasteiger charge is -2.46. The smallest absolute Gasteiger partial charge is 0.220 e. The third-order valence-corrected chi connectivity index (χ3v) is 20.8. The fraction of sp³-hybridized carbons (Fsp3) is 0.988. The van der Waals surface area contributed by atoms with Crippen LogP contribution in [0.5, 0.6) is 0 Å². The molecule has 14 heteroatoms. The number of nitrogens with one attached hydrogen (secondary N) is 1. The van der Waals surface area contributed by atoms with E-state index in [0.717, 1.165) is 51.4 Å². The van der Waals surface area contributed by atoms with E-state index in [-0.39, 0.29) is 12.5 Å². The van der Waals surface area contributed by atoms with Crippen LogP contribution in [0.2, 0.25) is 0 Å². The Morgan fingerprint density at radius 1 is 0.340 bits per heavy atom. The third-order valence-electron chi connectivity index (χ3n) is 20.8. The molecule has 2 aliphatic rings. The van der Waals surface area contributed by atoms with Gasteiger partial charge < -0.3 is 65.1 Å². The van der Waals surface area contributed by atoms with Gasteiger partial charge in [0, 0.05) is 6.42 Å². The number of amides is 1. The monoisotopic (exact) mass is 1340 g/mol. The Kier molecular flexibility index (Phi) is 61.9. The number of unbranched alkanes of at least 4 members (excludes halogenated alkanes) is 58. The Balaban J connectivity index is 1.59. The highest BCUT2D eigenvalue weighted by molar-refractivity contribution is 5.76. The minimum atomic E-state index is -1.78. The highest BCUT2D eigenvalue weighted by Crippen LogP contribution is 2.31. The van der Waals surface area contributed by atoms with E-state index in [0.29, 0.717) is 12.8 Å². The quantitative estimate of drug-likeness (QED) is 0.0259. The molecule has 0 aliphatic carbocycles. The Morgan fingerprint density at radius 2 is 0.606 bits per heavy atom. The van der Waals surface area contributed by atoms with Crippen LogP contribution < -0.4 is 5.32 Å². The molecule has 94 heavy (non-hydrogen) atoms. The molecule has 0 aromatic carbocycles. The standard InChI is InChI=1S/C80H157NO13/c1-3-5-7-9-11-13-15-17-19-21-23-25-27-29-31-33-34-35-36-37-39-41-43-45-47-49-51-53-55-57-59-61-63-69(84)68(67-91-79-77(90)75(88)78(71(66-83)93-79)94-80-76(89)74(87)73(86)70(65-82)92-80)81-72(85)64-62-60-58-56-54-52-50-48-46-44-42-40-38-32-30-28-26-24-22-20-18-16-14-12-10-8-6-4-2/h68-71,73-80,82-84,86-90H,3-67H2,1-2H3,(H,81,85). The number of hydrogen-bond donors (Lipinski definition) is 9. The summed E-state index contributed by atoms with van der Waals surface area (Å²) in [4.78, 5) is 13.4. The molecule has 14 nitrogen and oxygen atoms in total. The molecule has 2 saturated heterocycles. The van der Waals surface area contributed by atoms with Crippen molar-refractivity contribution in [2.75, 3.05) is 19.8 Å². The topological polar surface area (TPSA) is 228 Å². The van der Waals surface area contributed by atoms with Gasteiger partial charge in [0.1, 0.15) is 48.8 Å². The summed E-state index contributed by atoms with van der Waals surface area (Å²) >= 11 is 0. The fourth-order valence-corrected chi connectivity index (χ4v) is 14.3. The summed E-state index contributed by atoms with van der Waals surface area (Å²) in [6.07, 6.45) is 64.4. The number of carbonyl (C=O) groups excluding carboxylic acids is 1. The third kappa shape index (κ3) is 47.9. The molecule has 12 unspecified atom stereocenters. The van der Waals surface area contributed by atoms with Crippen molar-refractivity contribution in [3.05, 3.63) is 0 Å². The summed E-state index contributed by atoms with van der Waals surface area (Å²) in [7, 11) is 0. The van der Waals surface area contributed by atoms with Crippen LogP contribution in [-0.4, -0.2) is 140 Å². The Morgan fingerprint density at radius 3 is 0.904 bits per heavy atom. The molecular weight excluding hydrogens is 1180 g/mol. The van der Waals surface area contributed by atoms with E-state index in [1.165, 1.54) is 334 Å². The minimum absolute atomic E-state index is 0.195. The molecule has 12 atom stereocenters. The van der Waals surface area contributed by atoms with Crippen molar-refractivity contribution in [3.8, 4) is 0 Å². The minimum Gasteiger partial charge on any atom is -0.394 e. The molecule has 560 valence electrons. The predicted octanol–water partition coefficient (Wildman–Crippen LogP) is 18.7. The van der Waals surface area contributed by atoms with Gasteiger partial charge in [-0.05, 0) is 12.8 Å². The van der Waals surface area contributed by atoms with Crippen molar-refractivity contribution in [2.24, 2.45) is 0 Å². The van der Waals surface area contributed by atoms with Crippen molar-refractivity contribution in [2.45, 2.75) is 485 Å². The summed E-state index contributed by atoms with van der Waals surface area (Å²) in [5.41, 5.74) is 0. The van der Waals surface area contributed by atoms with Gasteiger partial charge in [-0.15, -0.1) is 0 Å². The highest BCUT2D eigenvalue weighted by Gasteiger charge is 2.51. The number of aliphatic hydroxyl groups is 8. The fourth-order valence-electron chi connectivity index (χ4n) is 14.3. The first-order valence-corrected chi connectivity index (χ1v) is 41.3. The van der Waals surface area contributed by atoms with E-state index >= 15 is 0 Å². The van der Waals surface area contributed by atoms with Gasteiger partial charge in [-0.2, -0.15) is 0 Å². The lowest BCUT2D eigenvalue weighted by Crippen LogP contribution is -2.65. The molecule has 1 amide bonds. The molecule has 2 fully saturated rings. The van der Waals surface area contributed by atoms with E-state index in [1.54, 1.807) is 0 Å². The van der Waals surface area contributed by atoms with Crippen molar-refractivity contribution >= 4 is 5.91 Å². The Labute approximate surface area is 578 Å². The number of ether oxygens (including phenoxy) is 4. The first-order chi connectivity index (χ1) is 46.1. The molecule has 0 aromatic heterocycles. The SMILES string of the molecule is CCCCCCCCCCCCCCCCCCCCCCCCCCCCCCCCCCC(O)C(COC1OC(CO)C(OC2OC(CO)C(O)C(O)C2O)C(O)C1O)NC(=O)CCCCCCCCCCCCCCCCCCCCCCCCCCCCCC. The van der Waals surface area contributed by atoms with Gasteiger partial charge in [0.05, 0.1) is 32.0 Å². The van der Waals surface area contributed by atoms with Crippen LogP contribution in [0.1, 0.15) is 412 Å². The summed E-state index contributed by atoms with van der Waals surface area (Å²) in [6, 6.07) is -0.826. The van der Waals surface area contributed by atoms with E-state index < -0.39 is 86.8 Å². The number of carbonyl (C=O) groups is 1. The number of hydrogen-bond acceptors (Lipinski definition) is 13. The van der Waals surface area contributed by atoms with Crippen LogP contribution in [0.3, 0.4) is 0 Å². The Bertz CT molecular complexity index is 1580. The van der Waals surface area contributed by atoms with Crippen molar-refractivity contribution in [1.29, 1.82) is 0 Å². The lowest BCUT2D eigenvalue weighted by molar-refractivity contribution is -0.359. The highest BCUT2D eigenvalue weighted by atomic mass is 16.7. The van der Waals surface area contributed by atoms with Crippen molar-refractivity contribution in [1.82, 2.24) is 5.32 Å². The normalized spacial score (nSPS) is 22.3. The second kappa shape index (κ2) is 65.3. The molecular formula is C80H157NO13. The van der Waals surface area contributed by atoms with E-state index in [1.807, 2.05) is 0 Å². The predicted molar refractivity (Wildman–Crippen MR) is 388 cm³/mol. The van der Waals surface area contributed by atoms with Crippen LogP contribution in [-0.2, 0) is 23.7 Å². The average molecular weight is 1340 g/mol. The summed E-state index contributed by atoms with van der Waals surface area (Å²) < 4.78 is 23.0. The van der Waals surface area contributed by atoms with Crippen LogP contribution in [0.4, 0.5) is 0 Å². The molecule has 0 aromatic rings. The summed E-state index contributed by atoms with van der Waals surface area (Å²) in [5.74, 6) is -0.195. The maximum atomic E-state index is 13.4. The first-order valence-electron chi connectivity index (χ1n) is 41.3. The largest absolute Gasteiger partial charge is 0.394 e. The van der Waals surface area contributed by atoms with Crippen LogP contribution >= 0.6 is 0 Å². The van der Waals surface area contributed by atoms with Gasteiger partial charge in [0.15, 0.2) is 12.6 Å². The molecule has 0 radical (unpaired) electrons. The molecule has 2 heterocycles. The second-order valence-electron chi connectivity index (χ2n) is 29.6. The summed E-state index contributed by atoms with van der Waals surface area (Å²) in [6.45, 7) is 2.95.